The Morgan fingerprint density at radius 1 is 1.38 bits per heavy atom. The average molecular weight is 345 g/mol. The van der Waals surface area contributed by atoms with Crippen LogP contribution in [-0.2, 0) is 11.0 Å². The minimum Gasteiger partial charge on any atom is -0.480 e. The summed E-state index contributed by atoms with van der Waals surface area (Å²) in [5, 5.41) is 11.5. The van der Waals surface area contributed by atoms with Crippen molar-refractivity contribution in [3.05, 3.63) is 29.6 Å². The van der Waals surface area contributed by atoms with E-state index in [0.29, 0.717) is 25.6 Å². The molecular formula is C15H18F3N3O3. The first-order chi connectivity index (χ1) is 11.2. The highest BCUT2D eigenvalue weighted by Gasteiger charge is 2.35. The Balaban J connectivity index is 1.85. The summed E-state index contributed by atoms with van der Waals surface area (Å²) >= 11 is 0. The van der Waals surface area contributed by atoms with E-state index in [4.69, 9.17) is 5.11 Å². The van der Waals surface area contributed by atoms with E-state index >= 15 is 0 Å². The molecule has 0 aromatic carbocycles. The molecule has 2 rings (SSSR count). The molecule has 1 amide bonds. The van der Waals surface area contributed by atoms with Gasteiger partial charge >= 0.3 is 12.1 Å². The van der Waals surface area contributed by atoms with E-state index in [9.17, 15) is 22.8 Å². The Bertz CT molecular complexity index is 598. The van der Waals surface area contributed by atoms with Crippen molar-refractivity contribution in [2.24, 2.45) is 0 Å². The monoisotopic (exact) mass is 345 g/mol. The molecule has 132 valence electrons. The molecule has 0 unspecified atom stereocenters. The van der Waals surface area contributed by atoms with Crippen LogP contribution in [0.2, 0.25) is 0 Å². The topological polar surface area (TPSA) is 82.5 Å². The molecule has 0 saturated heterocycles. The summed E-state index contributed by atoms with van der Waals surface area (Å²) in [5.74, 6) is -1.44. The number of carbonyl (C=O) groups excluding carboxylic acids is 1. The quantitative estimate of drug-likeness (QED) is 0.821. The number of pyridine rings is 1. The SMILES string of the molecule is CCN(CC(=O)O)C1CC(NC(=O)c2ccc(C(F)(F)F)cn2)C1. The van der Waals surface area contributed by atoms with Crippen molar-refractivity contribution in [1.82, 2.24) is 15.2 Å². The summed E-state index contributed by atoms with van der Waals surface area (Å²) in [6.45, 7) is 2.40. The Kier molecular flexibility index (Phi) is 5.43. The molecule has 9 heteroatoms. The molecule has 6 nitrogen and oxygen atoms in total. The Morgan fingerprint density at radius 3 is 2.50 bits per heavy atom. The molecule has 1 saturated carbocycles. The number of rotatable bonds is 6. The zero-order chi connectivity index (χ0) is 17.9. The second-order valence-electron chi connectivity index (χ2n) is 5.68. The maximum Gasteiger partial charge on any atom is 0.417 e. The Labute approximate surface area is 136 Å². The fourth-order valence-corrected chi connectivity index (χ4v) is 2.63. The summed E-state index contributed by atoms with van der Waals surface area (Å²) in [6, 6.07) is 1.81. The van der Waals surface area contributed by atoms with Crippen LogP contribution >= 0.6 is 0 Å². The molecule has 1 aliphatic carbocycles. The molecule has 24 heavy (non-hydrogen) atoms. The molecule has 0 bridgehead atoms. The van der Waals surface area contributed by atoms with Crippen LogP contribution in [-0.4, -0.2) is 52.0 Å². The highest BCUT2D eigenvalue weighted by atomic mass is 19.4. The molecule has 1 heterocycles. The minimum absolute atomic E-state index is 0.0533. The molecule has 2 N–H and O–H groups in total. The lowest BCUT2D eigenvalue weighted by Crippen LogP contribution is -2.54. The lowest BCUT2D eigenvalue weighted by atomic mass is 9.85. The third-order valence-electron chi connectivity index (χ3n) is 4.03. The van der Waals surface area contributed by atoms with E-state index in [-0.39, 0.29) is 24.3 Å². The van der Waals surface area contributed by atoms with Crippen LogP contribution in [0.5, 0.6) is 0 Å². The van der Waals surface area contributed by atoms with Gasteiger partial charge in [-0.05, 0) is 31.5 Å². The number of hydrogen-bond donors (Lipinski definition) is 2. The van der Waals surface area contributed by atoms with Gasteiger partial charge in [-0.15, -0.1) is 0 Å². The van der Waals surface area contributed by atoms with Crippen LogP contribution in [0.1, 0.15) is 35.8 Å². The van der Waals surface area contributed by atoms with Crippen LogP contribution in [0.3, 0.4) is 0 Å². The second-order valence-corrected chi connectivity index (χ2v) is 5.68. The van der Waals surface area contributed by atoms with Gasteiger partial charge in [0.05, 0.1) is 12.1 Å². The number of aromatic nitrogens is 1. The van der Waals surface area contributed by atoms with Gasteiger partial charge < -0.3 is 10.4 Å². The van der Waals surface area contributed by atoms with E-state index in [1.807, 2.05) is 6.92 Å². The maximum atomic E-state index is 12.5. The number of carboxylic acids is 1. The van der Waals surface area contributed by atoms with Crippen molar-refractivity contribution in [1.29, 1.82) is 0 Å². The standard InChI is InChI=1S/C15H18F3N3O3/c1-2-21(8-13(22)23)11-5-10(6-11)20-14(24)12-4-3-9(7-19-12)15(16,17)18/h3-4,7,10-11H,2,5-6,8H2,1H3,(H,20,24)(H,22,23). The average Bonchev–Trinajstić information content (AvgIpc) is 2.47. The third kappa shape index (κ3) is 4.44. The maximum absolute atomic E-state index is 12.5. The minimum atomic E-state index is -4.49. The third-order valence-corrected chi connectivity index (χ3v) is 4.03. The van der Waals surface area contributed by atoms with Gasteiger partial charge in [-0.25, -0.2) is 0 Å². The first-order valence-corrected chi connectivity index (χ1v) is 7.50. The Hall–Kier alpha value is -2.16. The highest BCUT2D eigenvalue weighted by Crippen LogP contribution is 2.29. The largest absolute Gasteiger partial charge is 0.480 e. The van der Waals surface area contributed by atoms with E-state index < -0.39 is 23.6 Å². The van der Waals surface area contributed by atoms with Gasteiger partial charge in [0.2, 0.25) is 0 Å². The molecular weight excluding hydrogens is 327 g/mol. The molecule has 1 aromatic heterocycles. The number of carboxylic acid groups (broad SMARTS) is 1. The number of aliphatic carboxylic acids is 1. The molecule has 1 aromatic rings. The zero-order valence-electron chi connectivity index (χ0n) is 13.0. The summed E-state index contributed by atoms with van der Waals surface area (Å²) in [5.41, 5.74) is -0.987. The number of likely N-dealkylation sites (N-methyl/N-ethyl adjacent to an activating group) is 1. The summed E-state index contributed by atoms with van der Waals surface area (Å²) < 4.78 is 37.4. The highest BCUT2D eigenvalue weighted by molar-refractivity contribution is 5.92. The number of halogens is 3. The normalized spacial score (nSPS) is 20.5. The fraction of sp³-hybridized carbons (Fsp3) is 0.533. The number of amides is 1. The first kappa shape index (κ1) is 18.2. The van der Waals surface area contributed by atoms with Crippen molar-refractivity contribution >= 4 is 11.9 Å². The number of hydrogen-bond acceptors (Lipinski definition) is 4. The van der Waals surface area contributed by atoms with E-state index in [0.717, 1.165) is 12.1 Å². The smallest absolute Gasteiger partial charge is 0.417 e. The van der Waals surface area contributed by atoms with Crippen molar-refractivity contribution in [3.8, 4) is 0 Å². The van der Waals surface area contributed by atoms with Gasteiger partial charge in [-0.2, -0.15) is 13.2 Å². The second kappa shape index (κ2) is 7.16. The fourth-order valence-electron chi connectivity index (χ4n) is 2.63. The van der Waals surface area contributed by atoms with E-state index in [1.54, 1.807) is 4.90 Å². The predicted octanol–water partition coefficient (Wildman–Crippen LogP) is 1.77. The van der Waals surface area contributed by atoms with Gasteiger partial charge in [0.25, 0.3) is 5.91 Å². The number of alkyl halides is 3. The van der Waals surface area contributed by atoms with Gasteiger partial charge in [0, 0.05) is 18.3 Å². The zero-order valence-corrected chi connectivity index (χ0v) is 13.0. The van der Waals surface area contributed by atoms with Gasteiger partial charge in [-0.1, -0.05) is 6.92 Å². The molecule has 0 radical (unpaired) electrons. The van der Waals surface area contributed by atoms with Gasteiger partial charge in [-0.3, -0.25) is 19.5 Å². The van der Waals surface area contributed by atoms with Crippen molar-refractivity contribution in [3.63, 3.8) is 0 Å². The molecule has 0 atom stereocenters. The molecule has 0 spiro atoms. The summed E-state index contributed by atoms with van der Waals surface area (Å²) in [7, 11) is 0. The summed E-state index contributed by atoms with van der Waals surface area (Å²) in [4.78, 5) is 28.1. The molecule has 1 fully saturated rings. The van der Waals surface area contributed by atoms with E-state index in [2.05, 4.69) is 10.3 Å². The van der Waals surface area contributed by atoms with Crippen molar-refractivity contribution in [2.45, 2.75) is 38.0 Å². The van der Waals surface area contributed by atoms with Crippen molar-refractivity contribution in [2.75, 3.05) is 13.1 Å². The van der Waals surface area contributed by atoms with E-state index in [1.165, 1.54) is 0 Å². The predicted molar refractivity (Wildman–Crippen MR) is 78.4 cm³/mol. The Morgan fingerprint density at radius 2 is 2.04 bits per heavy atom. The van der Waals surface area contributed by atoms with Crippen LogP contribution in [0, 0.1) is 0 Å². The van der Waals surface area contributed by atoms with Crippen LogP contribution in [0.4, 0.5) is 13.2 Å². The lowest BCUT2D eigenvalue weighted by Gasteiger charge is -2.42. The van der Waals surface area contributed by atoms with Crippen LogP contribution in [0.25, 0.3) is 0 Å². The van der Waals surface area contributed by atoms with Crippen LogP contribution < -0.4 is 5.32 Å². The van der Waals surface area contributed by atoms with Gasteiger partial charge in [0.1, 0.15) is 5.69 Å². The first-order valence-electron chi connectivity index (χ1n) is 7.50. The lowest BCUT2D eigenvalue weighted by molar-refractivity contribution is -0.139. The number of nitrogens with zero attached hydrogens (tertiary/aromatic N) is 2. The summed E-state index contributed by atoms with van der Waals surface area (Å²) in [6.07, 6.45) is -2.65. The van der Waals surface area contributed by atoms with Gasteiger partial charge in [0.15, 0.2) is 0 Å². The van der Waals surface area contributed by atoms with Crippen molar-refractivity contribution < 1.29 is 27.9 Å². The van der Waals surface area contributed by atoms with Crippen LogP contribution in [0.15, 0.2) is 18.3 Å². The molecule has 1 aliphatic rings. The number of carbonyl (C=O) groups is 2. The molecule has 0 aliphatic heterocycles. The number of nitrogens with one attached hydrogen (secondary N) is 1.